The second-order valence-electron chi connectivity index (χ2n) is 7.37. The summed E-state index contributed by atoms with van der Waals surface area (Å²) in [5, 5.41) is 2.80. The first kappa shape index (κ1) is 17.7. The van der Waals surface area contributed by atoms with Gasteiger partial charge in [-0.1, -0.05) is 12.1 Å². The third kappa shape index (κ3) is 4.03. The van der Waals surface area contributed by atoms with Crippen LogP contribution >= 0.6 is 0 Å². The number of carbonyl (C=O) groups is 1. The molecule has 0 radical (unpaired) electrons. The summed E-state index contributed by atoms with van der Waals surface area (Å²) >= 11 is 0. The van der Waals surface area contributed by atoms with Gasteiger partial charge in [0.2, 0.25) is 11.9 Å². The maximum Gasteiger partial charge on any atom is 0.227 e. The SMILES string of the molecule is CC(=O)Nc1ccc(CN2CCc3c(N)nc(N4CCCC4)nc3C2)cc1. The molecular formula is C20H26N6O. The van der Waals surface area contributed by atoms with E-state index in [9.17, 15) is 4.79 Å². The fourth-order valence-corrected chi connectivity index (χ4v) is 3.85. The number of anilines is 3. The Labute approximate surface area is 159 Å². The normalized spacial score (nSPS) is 17.0. The second kappa shape index (κ2) is 7.52. The molecule has 3 N–H and O–H groups in total. The van der Waals surface area contributed by atoms with E-state index >= 15 is 0 Å². The minimum Gasteiger partial charge on any atom is -0.383 e. The molecule has 1 aromatic heterocycles. The van der Waals surface area contributed by atoms with Gasteiger partial charge in [0.1, 0.15) is 5.82 Å². The number of benzene rings is 1. The highest BCUT2D eigenvalue weighted by Crippen LogP contribution is 2.26. The number of rotatable bonds is 4. The zero-order chi connectivity index (χ0) is 18.8. The highest BCUT2D eigenvalue weighted by atomic mass is 16.1. The van der Waals surface area contributed by atoms with Crippen molar-refractivity contribution in [1.29, 1.82) is 0 Å². The summed E-state index contributed by atoms with van der Waals surface area (Å²) < 4.78 is 0. The largest absolute Gasteiger partial charge is 0.383 e. The first-order chi connectivity index (χ1) is 13.1. The molecule has 2 aliphatic rings. The number of nitrogens with zero attached hydrogens (tertiary/aromatic N) is 4. The van der Waals surface area contributed by atoms with Crippen molar-refractivity contribution in [2.45, 2.75) is 39.3 Å². The van der Waals surface area contributed by atoms with Crippen LogP contribution in [0.4, 0.5) is 17.5 Å². The van der Waals surface area contributed by atoms with E-state index in [4.69, 9.17) is 10.7 Å². The van der Waals surface area contributed by atoms with E-state index in [1.165, 1.54) is 25.3 Å². The molecule has 0 atom stereocenters. The number of nitrogens with two attached hydrogens (primary N) is 1. The van der Waals surface area contributed by atoms with Gasteiger partial charge in [-0.25, -0.2) is 4.98 Å². The molecule has 1 amide bonds. The topological polar surface area (TPSA) is 87.4 Å². The van der Waals surface area contributed by atoms with E-state index in [1.807, 2.05) is 12.1 Å². The number of carbonyl (C=O) groups excluding carboxylic acids is 1. The number of nitrogen functional groups attached to an aromatic ring is 1. The first-order valence-corrected chi connectivity index (χ1v) is 9.57. The zero-order valence-corrected chi connectivity index (χ0v) is 15.7. The average molecular weight is 366 g/mol. The molecule has 3 heterocycles. The molecule has 1 saturated heterocycles. The van der Waals surface area contributed by atoms with Crippen molar-refractivity contribution >= 4 is 23.4 Å². The zero-order valence-electron chi connectivity index (χ0n) is 15.7. The molecule has 2 aliphatic heterocycles. The van der Waals surface area contributed by atoms with Crippen molar-refractivity contribution < 1.29 is 4.79 Å². The van der Waals surface area contributed by atoms with Gasteiger partial charge in [-0.2, -0.15) is 4.98 Å². The predicted octanol–water partition coefficient (Wildman–Crippen LogP) is 2.18. The van der Waals surface area contributed by atoms with Gasteiger partial charge in [0, 0.05) is 50.9 Å². The lowest BCUT2D eigenvalue weighted by molar-refractivity contribution is -0.114. The molecule has 142 valence electrons. The molecule has 4 rings (SSSR count). The summed E-state index contributed by atoms with van der Waals surface area (Å²) in [6, 6.07) is 8.01. The molecule has 1 fully saturated rings. The Bertz CT molecular complexity index is 829. The van der Waals surface area contributed by atoms with Gasteiger partial charge in [0.15, 0.2) is 0 Å². The summed E-state index contributed by atoms with van der Waals surface area (Å²) in [4.78, 5) is 25.1. The van der Waals surface area contributed by atoms with Crippen LogP contribution in [0.1, 0.15) is 36.6 Å². The van der Waals surface area contributed by atoms with E-state index in [2.05, 4.69) is 32.2 Å². The van der Waals surface area contributed by atoms with E-state index in [0.29, 0.717) is 5.82 Å². The van der Waals surface area contributed by atoms with Crippen molar-refractivity contribution in [3.8, 4) is 0 Å². The Kier molecular flexibility index (Phi) is 4.94. The van der Waals surface area contributed by atoms with E-state index in [0.717, 1.165) is 62.0 Å². The Morgan fingerprint density at radius 2 is 1.89 bits per heavy atom. The number of aromatic nitrogens is 2. The highest BCUT2D eigenvalue weighted by molar-refractivity contribution is 5.88. The summed E-state index contributed by atoms with van der Waals surface area (Å²) in [6.45, 7) is 6.13. The molecule has 0 saturated carbocycles. The van der Waals surface area contributed by atoms with Crippen LogP contribution < -0.4 is 16.0 Å². The number of amides is 1. The summed E-state index contributed by atoms with van der Waals surface area (Å²) in [5.41, 5.74) is 10.4. The second-order valence-corrected chi connectivity index (χ2v) is 7.37. The lowest BCUT2D eigenvalue weighted by Gasteiger charge is -2.29. The van der Waals surface area contributed by atoms with Crippen molar-refractivity contribution in [3.05, 3.63) is 41.1 Å². The molecule has 27 heavy (non-hydrogen) atoms. The Morgan fingerprint density at radius 1 is 1.15 bits per heavy atom. The number of nitrogens with one attached hydrogen (secondary N) is 1. The molecule has 7 nitrogen and oxygen atoms in total. The number of hydrogen-bond acceptors (Lipinski definition) is 6. The molecule has 0 unspecified atom stereocenters. The standard InChI is InChI=1S/C20H26N6O/c1-14(27)22-16-6-4-15(5-7-16)12-25-11-8-17-18(13-25)23-20(24-19(17)21)26-9-2-3-10-26/h4-7H,2-3,8-13H2,1H3,(H,22,27)(H2,21,23,24). The van der Waals surface area contributed by atoms with E-state index < -0.39 is 0 Å². The Morgan fingerprint density at radius 3 is 2.59 bits per heavy atom. The maximum atomic E-state index is 11.1. The smallest absolute Gasteiger partial charge is 0.227 e. The molecule has 2 aromatic rings. The Hall–Kier alpha value is -2.67. The number of hydrogen-bond donors (Lipinski definition) is 2. The predicted molar refractivity (Wildman–Crippen MR) is 106 cm³/mol. The molecule has 0 bridgehead atoms. The molecule has 7 heteroatoms. The van der Waals surface area contributed by atoms with Crippen molar-refractivity contribution in [3.63, 3.8) is 0 Å². The van der Waals surface area contributed by atoms with Gasteiger partial charge in [0.25, 0.3) is 0 Å². The van der Waals surface area contributed by atoms with Gasteiger partial charge < -0.3 is 16.0 Å². The lowest BCUT2D eigenvalue weighted by Crippen LogP contribution is -2.32. The third-order valence-corrected chi connectivity index (χ3v) is 5.23. The summed E-state index contributed by atoms with van der Waals surface area (Å²) in [6.07, 6.45) is 3.27. The van der Waals surface area contributed by atoms with Crippen LogP contribution in [0, 0.1) is 0 Å². The maximum absolute atomic E-state index is 11.1. The fraction of sp³-hybridized carbons (Fsp3) is 0.450. The van der Waals surface area contributed by atoms with Gasteiger partial charge in [-0.05, 0) is 37.0 Å². The van der Waals surface area contributed by atoms with Crippen LogP contribution in [0.2, 0.25) is 0 Å². The Balaban J connectivity index is 1.46. The van der Waals surface area contributed by atoms with Gasteiger partial charge in [0.05, 0.1) is 5.69 Å². The highest BCUT2D eigenvalue weighted by Gasteiger charge is 2.24. The van der Waals surface area contributed by atoms with E-state index in [-0.39, 0.29) is 5.91 Å². The van der Waals surface area contributed by atoms with Crippen LogP contribution in [0.3, 0.4) is 0 Å². The minimum atomic E-state index is -0.0542. The summed E-state index contributed by atoms with van der Waals surface area (Å²) in [5.74, 6) is 1.37. The summed E-state index contributed by atoms with van der Waals surface area (Å²) in [7, 11) is 0. The van der Waals surface area contributed by atoms with Crippen molar-refractivity contribution in [2.75, 3.05) is 35.6 Å². The van der Waals surface area contributed by atoms with Crippen molar-refractivity contribution in [2.24, 2.45) is 0 Å². The van der Waals surface area contributed by atoms with Gasteiger partial charge in [-0.15, -0.1) is 0 Å². The van der Waals surface area contributed by atoms with Gasteiger partial charge in [-0.3, -0.25) is 9.69 Å². The van der Waals surface area contributed by atoms with Crippen LogP contribution in [0.5, 0.6) is 0 Å². The molecule has 0 aliphatic carbocycles. The minimum absolute atomic E-state index is 0.0542. The van der Waals surface area contributed by atoms with Crippen LogP contribution in [0.25, 0.3) is 0 Å². The van der Waals surface area contributed by atoms with Crippen molar-refractivity contribution in [1.82, 2.24) is 14.9 Å². The quantitative estimate of drug-likeness (QED) is 0.862. The monoisotopic (exact) mass is 366 g/mol. The average Bonchev–Trinajstić information content (AvgIpc) is 3.17. The first-order valence-electron chi connectivity index (χ1n) is 9.57. The number of fused-ring (bicyclic) bond motifs is 1. The van der Waals surface area contributed by atoms with Gasteiger partial charge >= 0.3 is 0 Å². The van der Waals surface area contributed by atoms with Crippen LogP contribution in [-0.2, 0) is 24.3 Å². The molecule has 1 aromatic carbocycles. The third-order valence-electron chi connectivity index (χ3n) is 5.23. The molecular weight excluding hydrogens is 340 g/mol. The van der Waals surface area contributed by atoms with Crippen LogP contribution in [-0.4, -0.2) is 40.4 Å². The van der Waals surface area contributed by atoms with Crippen LogP contribution in [0.15, 0.2) is 24.3 Å². The molecule has 0 spiro atoms. The lowest BCUT2D eigenvalue weighted by atomic mass is 10.0. The fourth-order valence-electron chi connectivity index (χ4n) is 3.85. The van der Waals surface area contributed by atoms with E-state index in [1.54, 1.807) is 0 Å².